The molecule has 19 heavy (non-hydrogen) atoms. The van der Waals surface area contributed by atoms with Crippen LogP contribution >= 0.6 is 45.8 Å². The summed E-state index contributed by atoms with van der Waals surface area (Å²) in [5, 5.41) is 3.98. The molecule has 0 spiro atoms. The van der Waals surface area contributed by atoms with E-state index in [-0.39, 0.29) is 5.91 Å². The summed E-state index contributed by atoms with van der Waals surface area (Å²) in [6.45, 7) is 1.91. The van der Waals surface area contributed by atoms with Crippen molar-refractivity contribution in [3.05, 3.63) is 61.1 Å². The van der Waals surface area contributed by atoms with E-state index in [0.29, 0.717) is 21.3 Å². The number of hydrogen-bond donors (Lipinski definition) is 1. The van der Waals surface area contributed by atoms with Gasteiger partial charge in [-0.3, -0.25) is 4.79 Å². The average molecular weight is 406 g/mol. The summed E-state index contributed by atoms with van der Waals surface area (Å²) in [5.41, 5.74) is 2.15. The van der Waals surface area contributed by atoms with Crippen LogP contribution in [0, 0.1) is 10.5 Å². The minimum atomic E-state index is -0.210. The van der Waals surface area contributed by atoms with Crippen LogP contribution in [0.5, 0.6) is 0 Å². The molecule has 5 heteroatoms. The SMILES string of the molecule is Cc1ccc(NC(=O)c2ccc(I)c(Cl)c2)cc1Cl. The molecule has 0 bridgehead atoms. The van der Waals surface area contributed by atoms with Gasteiger partial charge in [0.05, 0.1) is 5.02 Å². The predicted octanol–water partition coefficient (Wildman–Crippen LogP) is 5.16. The molecular formula is C14H10Cl2INO. The van der Waals surface area contributed by atoms with Crippen LogP contribution in [-0.2, 0) is 0 Å². The molecule has 0 saturated carbocycles. The van der Waals surface area contributed by atoms with E-state index in [0.717, 1.165) is 9.13 Å². The first kappa shape index (κ1) is 14.6. The Morgan fingerprint density at radius 3 is 2.47 bits per heavy atom. The van der Waals surface area contributed by atoms with Gasteiger partial charge in [-0.05, 0) is 65.4 Å². The largest absolute Gasteiger partial charge is 0.322 e. The Hall–Kier alpha value is -0.780. The molecule has 0 aliphatic heterocycles. The van der Waals surface area contributed by atoms with Crippen LogP contribution in [0.25, 0.3) is 0 Å². The second-order valence-electron chi connectivity index (χ2n) is 4.05. The molecule has 1 N–H and O–H groups in total. The number of nitrogens with one attached hydrogen (secondary N) is 1. The highest BCUT2D eigenvalue weighted by molar-refractivity contribution is 14.1. The summed E-state index contributed by atoms with van der Waals surface area (Å²) in [6.07, 6.45) is 0. The highest BCUT2D eigenvalue weighted by atomic mass is 127. The van der Waals surface area contributed by atoms with E-state index in [1.807, 2.05) is 19.1 Å². The van der Waals surface area contributed by atoms with Crippen molar-refractivity contribution >= 4 is 57.4 Å². The molecule has 98 valence electrons. The van der Waals surface area contributed by atoms with Crippen molar-refractivity contribution in [2.24, 2.45) is 0 Å². The molecule has 1 amide bonds. The lowest BCUT2D eigenvalue weighted by molar-refractivity contribution is 0.102. The zero-order chi connectivity index (χ0) is 14.0. The van der Waals surface area contributed by atoms with E-state index in [4.69, 9.17) is 23.2 Å². The Kier molecular flexibility index (Phi) is 4.71. The van der Waals surface area contributed by atoms with Crippen molar-refractivity contribution in [2.45, 2.75) is 6.92 Å². The number of carbonyl (C=O) groups is 1. The highest BCUT2D eigenvalue weighted by Gasteiger charge is 2.08. The molecule has 0 aromatic heterocycles. The van der Waals surface area contributed by atoms with Gasteiger partial charge >= 0.3 is 0 Å². The van der Waals surface area contributed by atoms with E-state index < -0.39 is 0 Å². The second-order valence-corrected chi connectivity index (χ2v) is 6.02. The van der Waals surface area contributed by atoms with Gasteiger partial charge in [-0.1, -0.05) is 29.3 Å². The van der Waals surface area contributed by atoms with Crippen molar-refractivity contribution < 1.29 is 4.79 Å². The van der Waals surface area contributed by atoms with Crippen molar-refractivity contribution in [1.82, 2.24) is 0 Å². The Morgan fingerprint density at radius 1 is 1.11 bits per heavy atom. The lowest BCUT2D eigenvalue weighted by Crippen LogP contribution is -2.11. The van der Waals surface area contributed by atoms with E-state index in [1.165, 1.54) is 0 Å². The maximum absolute atomic E-state index is 12.1. The lowest BCUT2D eigenvalue weighted by atomic mass is 10.2. The van der Waals surface area contributed by atoms with Gasteiger partial charge in [0, 0.05) is 19.8 Å². The molecule has 0 saturated heterocycles. The zero-order valence-corrected chi connectivity index (χ0v) is 13.7. The number of amides is 1. The normalized spacial score (nSPS) is 10.3. The van der Waals surface area contributed by atoms with E-state index >= 15 is 0 Å². The van der Waals surface area contributed by atoms with Gasteiger partial charge in [0.25, 0.3) is 5.91 Å². The van der Waals surface area contributed by atoms with Gasteiger partial charge in [0.15, 0.2) is 0 Å². The van der Waals surface area contributed by atoms with Crippen LogP contribution in [0.2, 0.25) is 10.0 Å². The number of halogens is 3. The number of carbonyl (C=O) groups excluding carboxylic acids is 1. The lowest BCUT2D eigenvalue weighted by Gasteiger charge is -2.07. The molecule has 0 unspecified atom stereocenters. The first-order chi connectivity index (χ1) is 8.97. The van der Waals surface area contributed by atoms with Crippen molar-refractivity contribution in [3.63, 3.8) is 0 Å². The standard InChI is InChI=1S/C14H10Cl2INO/c1-8-2-4-10(7-11(8)15)18-14(19)9-3-5-13(17)12(16)6-9/h2-7H,1H3,(H,18,19). The van der Waals surface area contributed by atoms with Crippen molar-refractivity contribution in [1.29, 1.82) is 0 Å². The topological polar surface area (TPSA) is 29.1 Å². The first-order valence-electron chi connectivity index (χ1n) is 5.50. The molecule has 0 radical (unpaired) electrons. The van der Waals surface area contributed by atoms with Gasteiger partial charge in [-0.15, -0.1) is 0 Å². The van der Waals surface area contributed by atoms with Gasteiger partial charge in [0.2, 0.25) is 0 Å². The molecule has 0 fully saturated rings. The van der Waals surface area contributed by atoms with Crippen LogP contribution in [-0.4, -0.2) is 5.91 Å². The second kappa shape index (κ2) is 6.11. The molecule has 2 aromatic carbocycles. The number of aryl methyl sites for hydroxylation is 1. The fraction of sp³-hybridized carbons (Fsp3) is 0.0714. The van der Waals surface area contributed by atoms with Gasteiger partial charge < -0.3 is 5.32 Å². The summed E-state index contributed by atoms with van der Waals surface area (Å²) in [4.78, 5) is 12.1. The van der Waals surface area contributed by atoms with Gasteiger partial charge in [-0.2, -0.15) is 0 Å². The maximum Gasteiger partial charge on any atom is 0.255 e. The first-order valence-corrected chi connectivity index (χ1v) is 7.33. The van der Waals surface area contributed by atoms with Crippen molar-refractivity contribution in [3.8, 4) is 0 Å². The van der Waals surface area contributed by atoms with Gasteiger partial charge in [-0.25, -0.2) is 0 Å². The smallest absolute Gasteiger partial charge is 0.255 e. The summed E-state index contributed by atoms with van der Waals surface area (Å²) < 4.78 is 0.911. The fourth-order valence-electron chi connectivity index (χ4n) is 1.51. The summed E-state index contributed by atoms with van der Waals surface area (Å²) in [5.74, 6) is -0.210. The fourth-order valence-corrected chi connectivity index (χ4v) is 2.21. The number of rotatable bonds is 2. The van der Waals surface area contributed by atoms with Gasteiger partial charge in [0.1, 0.15) is 0 Å². The Balaban J connectivity index is 2.20. The quantitative estimate of drug-likeness (QED) is 0.687. The molecular weight excluding hydrogens is 396 g/mol. The number of anilines is 1. The third-order valence-corrected chi connectivity index (χ3v) is 4.59. The Bertz CT molecular complexity index is 643. The van der Waals surface area contributed by atoms with Crippen molar-refractivity contribution in [2.75, 3.05) is 5.32 Å². The summed E-state index contributed by atoms with van der Waals surface area (Å²) >= 11 is 14.1. The Labute approximate surface area is 135 Å². The minimum Gasteiger partial charge on any atom is -0.322 e. The monoisotopic (exact) mass is 405 g/mol. The van der Waals surface area contributed by atoms with Crippen LogP contribution in [0.4, 0.5) is 5.69 Å². The van der Waals surface area contributed by atoms with Crippen LogP contribution in [0.1, 0.15) is 15.9 Å². The molecule has 0 heterocycles. The minimum absolute atomic E-state index is 0.210. The van der Waals surface area contributed by atoms with E-state index in [2.05, 4.69) is 27.9 Å². The maximum atomic E-state index is 12.1. The predicted molar refractivity (Wildman–Crippen MR) is 88.3 cm³/mol. The summed E-state index contributed by atoms with van der Waals surface area (Å²) in [6, 6.07) is 10.6. The van der Waals surface area contributed by atoms with E-state index in [9.17, 15) is 4.79 Å². The van der Waals surface area contributed by atoms with Crippen LogP contribution < -0.4 is 5.32 Å². The van der Waals surface area contributed by atoms with Crippen LogP contribution in [0.3, 0.4) is 0 Å². The van der Waals surface area contributed by atoms with E-state index in [1.54, 1.807) is 24.3 Å². The third kappa shape index (κ3) is 3.61. The molecule has 2 nitrogen and oxygen atoms in total. The van der Waals surface area contributed by atoms with Crippen LogP contribution in [0.15, 0.2) is 36.4 Å². The molecule has 2 aromatic rings. The molecule has 0 atom stereocenters. The number of benzene rings is 2. The summed E-state index contributed by atoms with van der Waals surface area (Å²) in [7, 11) is 0. The molecule has 0 aliphatic rings. The molecule has 0 aliphatic carbocycles. The number of hydrogen-bond acceptors (Lipinski definition) is 1. The third-order valence-electron chi connectivity index (χ3n) is 2.61. The highest BCUT2D eigenvalue weighted by Crippen LogP contribution is 2.22. The average Bonchev–Trinajstić information content (AvgIpc) is 2.37. The zero-order valence-electron chi connectivity index (χ0n) is 10.0. The Morgan fingerprint density at radius 2 is 1.84 bits per heavy atom. The molecule has 2 rings (SSSR count).